The molecule has 0 bridgehead atoms. The lowest BCUT2D eigenvalue weighted by Gasteiger charge is -2.13. The summed E-state index contributed by atoms with van der Waals surface area (Å²) >= 11 is 13.7. The predicted octanol–water partition coefficient (Wildman–Crippen LogP) is 4.99. The van der Waals surface area contributed by atoms with E-state index >= 15 is 0 Å². The van der Waals surface area contributed by atoms with Gasteiger partial charge in [-0.05, 0) is 30.3 Å². The predicted molar refractivity (Wildman–Crippen MR) is 121 cm³/mol. The van der Waals surface area contributed by atoms with Crippen molar-refractivity contribution in [3.63, 3.8) is 0 Å². The molecule has 0 aliphatic rings. The number of amides is 1. The zero-order valence-electron chi connectivity index (χ0n) is 16.8. The van der Waals surface area contributed by atoms with E-state index in [1.165, 1.54) is 37.7 Å². The van der Waals surface area contributed by atoms with Crippen LogP contribution in [-0.2, 0) is 6.42 Å². The van der Waals surface area contributed by atoms with E-state index in [1.807, 2.05) is 13.0 Å². The maximum absolute atomic E-state index is 12.9. The molecule has 0 spiro atoms. The molecule has 0 aliphatic heterocycles. The summed E-state index contributed by atoms with van der Waals surface area (Å²) in [4.78, 5) is 13.6. The Labute approximate surface area is 191 Å². The Bertz CT molecular complexity index is 1260. The molecule has 0 saturated heterocycles. The van der Waals surface area contributed by atoms with Crippen molar-refractivity contribution in [1.29, 1.82) is 0 Å². The number of hydrogen-bond donors (Lipinski definition) is 1. The normalized spacial score (nSPS) is 11.0. The molecule has 0 unspecified atom stereocenters. The van der Waals surface area contributed by atoms with Crippen molar-refractivity contribution in [3.8, 4) is 22.1 Å². The van der Waals surface area contributed by atoms with Gasteiger partial charge in [0.05, 0.1) is 30.0 Å². The van der Waals surface area contributed by atoms with Gasteiger partial charge in [0.15, 0.2) is 11.6 Å². The summed E-state index contributed by atoms with van der Waals surface area (Å²) in [5.74, 6) is 1.20. The first kappa shape index (κ1) is 21.4. The van der Waals surface area contributed by atoms with Crippen molar-refractivity contribution >= 4 is 51.1 Å². The fourth-order valence-electron chi connectivity index (χ4n) is 3.01. The Hall–Kier alpha value is -2.88. The molecule has 0 saturated carbocycles. The maximum Gasteiger partial charge on any atom is 0.255 e. The summed E-state index contributed by atoms with van der Waals surface area (Å²) in [5.41, 5.74) is 1.57. The average molecular weight is 478 g/mol. The lowest BCUT2D eigenvalue weighted by atomic mass is 10.1. The Morgan fingerprint density at radius 3 is 2.52 bits per heavy atom. The fraction of sp³-hybridized carbons (Fsp3) is 0.200. The Balaban J connectivity index is 1.67. The molecule has 1 amide bonds. The molecule has 2 heterocycles. The van der Waals surface area contributed by atoms with Crippen LogP contribution in [0, 0.1) is 0 Å². The van der Waals surface area contributed by atoms with Crippen molar-refractivity contribution < 1.29 is 14.3 Å². The average Bonchev–Trinajstić information content (AvgIpc) is 3.34. The smallest absolute Gasteiger partial charge is 0.255 e. The topological polar surface area (TPSA) is 90.6 Å². The summed E-state index contributed by atoms with van der Waals surface area (Å²) < 4.78 is 12.3. The highest BCUT2D eigenvalue weighted by Gasteiger charge is 2.17. The molecule has 2 aromatic heterocycles. The van der Waals surface area contributed by atoms with Gasteiger partial charge >= 0.3 is 0 Å². The molecule has 2 aromatic carbocycles. The molecule has 160 valence electrons. The van der Waals surface area contributed by atoms with Crippen LogP contribution in [0.2, 0.25) is 10.0 Å². The summed E-state index contributed by atoms with van der Waals surface area (Å²) in [6.07, 6.45) is 0.723. The molecule has 8 nitrogen and oxygen atoms in total. The zero-order valence-corrected chi connectivity index (χ0v) is 19.1. The Morgan fingerprint density at radius 1 is 1.13 bits per heavy atom. The Kier molecular flexibility index (Phi) is 5.99. The van der Waals surface area contributed by atoms with Crippen LogP contribution in [0.3, 0.4) is 0 Å². The molecule has 31 heavy (non-hydrogen) atoms. The molecule has 11 heteroatoms. The van der Waals surface area contributed by atoms with Crippen LogP contribution in [0.1, 0.15) is 23.1 Å². The van der Waals surface area contributed by atoms with Crippen LogP contribution in [-0.4, -0.2) is 39.9 Å². The van der Waals surface area contributed by atoms with E-state index in [0.29, 0.717) is 22.1 Å². The first-order chi connectivity index (χ1) is 14.9. The number of benzene rings is 2. The fourth-order valence-corrected chi connectivity index (χ4v) is 4.51. The van der Waals surface area contributed by atoms with E-state index in [9.17, 15) is 4.79 Å². The molecule has 1 N–H and O–H groups in total. The number of halogens is 2. The second-order valence-corrected chi connectivity index (χ2v) is 8.18. The number of carbonyl (C=O) groups excluding carboxylic acids is 1. The molecular weight excluding hydrogens is 461 g/mol. The van der Waals surface area contributed by atoms with Gasteiger partial charge in [0.1, 0.15) is 10.8 Å². The molecular formula is C20H17Cl2N5O3S. The molecule has 4 rings (SSSR count). The van der Waals surface area contributed by atoms with Crippen LogP contribution in [0.25, 0.3) is 15.5 Å². The van der Waals surface area contributed by atoms with E-state index in [4.69, 9.17) is 32.7 Å². The summed E-state index contributed by atoms with van der Waals surface area (Å²) in [6.45, 7) is 1.99. The minimum Gasteiger partial charge on any atom is -0.495 e. The third-order valence-corrected chi connectivity index (χ3v) is 6.04. The number of nitrogens with one attached hydrogen (secondary N) is 1. The lowest BCUT2D eigenvalue weighted by molar-refractivity contribution is 0.102. The van der Waals surface area contributed by atoms with Crippen LogP contribution in [0.5, 0.6) is 11.5 Å². The number of methoxy groups -OCH3 is 2. The number of nitrogens with zero attached hydrogens (tertiary/aromatic N) is 4. The number of anilines is 1. The largest absolute Gasteiger partial charge is 0.495 e. The van der Waals surface area contributed by atoms with E-state index in [1.54, 1.807) is 16.6 Å². The highest BCUT2D eigenvalue weighted by atomic mass is 35.5. The standard InChI is InChI=1S/C20H17Cl2N5O3S/c1-4-16-24-25-20-27(16)26-19(31-20)10-5-6-15(29-2)14(9-10)23-18(28)11-7-12(21)17(30-3)13(22)8-11/h5-9H,4H2,1-3H3,(H,23,28). The van der Waals surface area contributed by atoms with Crippen molar-refractivity contribution in [2.45, 2.75) is 13.3 Å². The second kappa shape index (κ2) is 8.70. The van der Waals surface area contributed by atoms with E-state index < -0.39 is 5.91 Å². The number of rotatable bonds is 6. The first-order valence-electron chi connectivity index (χ1n) is 9.19. The molecule has 0 radical (unpaired) electrons. The third kappa shape index (κ3) is 4.04. The summed E-state index contributed by atoms with van der Waals surface area (Å²) in [5, 5.41) is 16.9. The second-order valence-electron chi connectivity index (χ2n) is 6.41. The van der Waals surface area contributed by atoms with Crippen LogP contribution in [0.4, 0.5) is 5.69 Å². The summed E-state index contributed by atoms with van der Waals surface area (Å²) in [6, 6.07) is 8.41. The van der Waals surface area contributed by atoms with Crippen LogP contribution >= 0.6 is 34.5 Å². The van der Waals surface area contributed by atoms with Crippen molar-refractivity contribution in [3.05, 3.63) is 51.8 Å². The number of hydrogen-bond acceptors (Lipinski definition) is 7. The number of carbonyl (C=O) groups is 1. The van der Waals surface area contributed by atoms with Gasteiger partial charge in [-0.3, -0.25) is 4.79 Å². The van der Waals surface area contributed by atoms with Crippen molar-refractivity contribution in [2.24, 2.45) is 0 Å². The SMILES string of the molecule is CCc1nnc2sc(-c3ccc(OC)c(NC(=O)c4cc(Cl)c(OC)c(Cl)c4)c3)nn12. The van der Waals surface area contributed by atoms with Gasteiger partial charge in [0.25, 0.3) is 5.91 Å². The zero-order chi connectivity index (χ0) is 22.1. The van der Waals surface area contributed by atoms with E-state index in [0.717, 1.165) is 22.8 Å². The van der Waals surface area contributed by atoms with Gasteiger partial charge in [-0.15, -0.1) is 10.2 Å². The maximum atomic E-state index is 12.9. The van der Waals surface area contributed by atoms with Crippen LogP contribution < -0.4 is 14.8 Å². The minimum atomic E-state index is -0.395. The summed E-state index contributed by atoms with van der Waals surface area (Å²) in [7, 11) is 2.99. The first-order valence-corrected chi connectivity index (χ1v) is 10.8. The van der Waals surface area contributed by atoms with Gasteiger partial charge < -0.3 is 14.8 Å². The molecule has 4 aromatic rings. The highest BCUT2D eigenvalue weighted by molar-refractivity contribution is 7.19. The Morgan fingerprint density at radius 2 is 1.87 bits per heavy atom. The number of fused-ring (bicyclic) bond motifs is 1. The monoisotopic (exact) mass is 477 g/mol. The number of aryl methyl sites for hydroxylation is 1. The van der Waals surface area contributed by atoms with Gasteiger partial charge in [-0.1, -0.05) is 41.5 Å². The van der Waals surface area contributed by atoms with Gasteiger partial charge in [0.2, 0.25) is 4.96 Å². The van der Waals surface area contributed by atoms with Crippen molar-refractivity contribution in [2.75, 3.05) is 19.5 Å². The quantitative estimate of drug-likeness (QED) is 0.420. The lowest BCUT2D eigenvalue weighted by Crippen LogP contribution is -2.13. The number of aromatic nitrogens is 4. The van der Waals surface area contributed by atoms with Crippen molar-refractivity contribution in [1.82, 2.24) is 19.8 Å². The highest BCUT2D eigenvalue weighted by Crippen LogP contribution is 2.36. The molecule has 0 atom stereocenters. The van der Waals surface area contributed by atoms with Gasteiger partial charge in [-0.2, -0.15) is 9.61 Å². The van der Waals surface area contributed by atoms with Crippen LogP contribution in [0.15, 0.2) is 30.3 Å². The van der Waals surface area contributed by atoms with Gasteiger partial charge in [-0.25, -0.2) is 0 Å². The minimum absolute atomic E-state index is 0.243. The number of ether oxygens (including phenoxy) is 2. The van der Waals surface area contributed by atoms with E-state index in [2.05, 4.69) is 20.6 Å². The molecule has 0 fully saturated rings. The van der Waals surface area contributed by atoms with Gasteiger partial charge in [0, 0.05) is 17.5 Å². The van der Waals surface area contributed by atoms with E-state index in [-0.39, 0.29) is 15.6 Å². The third-order valence-electron chi connectivity index (χ3n) is 4.53. The molecule has 0 aliphatic carbocycles.